The molecule has 0 radical (unpaired) electrons. The Kier molecular flexibility index (Phi) is 17.6. The zero-order valence-electron chi connectivity index (χ0n) is 8.72. The van der Waals surface area contributed by atoms with Crippen LogP contribution in [-0.2, 0) is 4.79 Å². The third kappa shape index (κ3) is 15.6. The quantitative estimate of drug-likeness (QED) is 0.485. The van der Waals surface area contributed by atoms with Gasteiger partial charge in [-0.15, -0.1) is 0 Å². The van der Waals surface area contributed by atoms with Crippen LogP contribution < -0.4 is 0 Å². The Balaban J connectivity index is 0. The average molecular weight is 226 g/mol. The summed E-state index contributed by atoms with van der Waals surface area (Å²) in [5.41, 5.74) is 0. The van der Waals surface area contributed by atoms with Crippen molar-refractivity contribution in [2.24, 2.45) is 0 Å². The molecule has 2 nitrogen and oxygen atoms in total. The molecule has 0 aromatic rings. The van der Waals surface area contributed by atoms with Gasteiger partial charge in [0.2, 0.25) is 0 Å². The molecule has 0 spiro atoms. The molecular weight excluding hydrogens is 203 g/mol. The van der Waals surface area contributed by atoms with Gasteiger partial charge in [-0.1, -0.05) is 51.9 Å². The molecule has 80 valence electrons. The predicted octanol–water partition coefficient (Wildman–Crippen LogP) is 2.95. The number of unbranched alkanes of at least 4 members (excludes halogenated alkanes) is 7. The van der Waals surface area contributed by atoms with Gasteiger partial charge >= 0.3 is 57.4 Å². The van der Waals surface area contributed by atoms with Crippen LogP contribution in [-0.4, -0.2) is 62.5 Å². The van der Waals surface area contributed by atoms with E-state index in [2.05, 4.69) is 6.92 Å². The average Bonchev–Trinajstić information content (AvgIpc) is 2.09. The fraction of sp³-hybridized carbons (Fsp3) is 0.909. The van der Waals surface area contributed by atoms with Gasteiger partial charge in [-0.25, -0.2) is 0 Å². The molecule has 0 saturated heterocycles. The predicted molar refractivity (Wildman–Crippen MR) is 62.0 cm³/mol. The number of carboxylic acids is 1. The Hall–Kier alpha value is 1.11. The molecule has 3 heteroatoms. The number of aliphatic carboxylic acids is 1. The number of carboxylic acid groups (broad SMARTS) is 1. The first-order chi connectivity index (χ1) is 6.27. The first kappa shape index (κ1) is 17.5. The van der Waals surface area contributed by atoms with Crippen molar-refractivity contribution in [3.05, 3.63) is 0 Å². The molecule has 0 unspecified atom stereocenters. The summed E-state index contributed by atoms with van der Waals surface area (Å²) in [5, 5.41) is 8.39. The fourth-order valence-electron chi connectivity index (χ4n) is 1.41. The second kappa shape index (κ2) is 14.1. The van der Waals surface area contributed by atoms with E-state index in [4.69, 9.17) is 5.11 Å². The Morgan fingerprint density at radius 3 is 1.79 bits per heavy atom. The summed E-state index contributed by atoms with van der Waals surface area (Å²) < 4.78 is 0. The minimum absolute atomic E-state index is 0. The van der Waals surface area contributed by atoms with Crippen LogP contribution >= 0.6 is 0 Å². The number of carbonyl (C=O) groups is 1. The number of hydrogen-bond acceptors (Lipinski definition) is 1. The molecule has 0 aromatic carbocycles. The molecule has 0 amide bonds. The zero-order chi connectivity index (χ0) is 9.94. The van der Waals surface area contributed by atoms with E-state index in [0.29, 0.717) is 6.42 Å². The molecule has 0 aliphatic rings. The summed E-state index contributed by atoms with van der Waals surface area (Å²) in [7, 11) is 0. The summed E-state index contributed by atoms with van der Waals surface area (Å²) in [6.07, 6.45) is 10.1. The van der Waals surface area contributed by atoms with Crippen molar-refractivity contribution in [3.8, 4) is 0 Å². The van der Waals surface area contributed by atoms with Crippen molar-refractivity contribution in [3.63, 3.8) is 0 Å². The van der Waals surface area contributed by atoms with Crippen LogP contribution in [0.2, 0.25) is 0 Å². The van der Waals surface area contributed by atoms with Gasteiger partial charge in [-0.05, 0) is 6.42 Å². The maximum absolute atomic E-state index is 10.2. The van der Waals surface area contributed by atoms with Gasteiger partial charge in [-0.3, -0.25) is 4.79 Å². The Morgan fingerprint density at radius 2 is 1.36 bits per heavy atom. The van der Waals surface area contributed by atoms with Crippen LogP contribution in [0.1, 0.15) is 64.7 Å². The first-order valence-electron chi connectivity index (χ1n) is 5.49. The van der Waals surface area contributed by atoms with Gasteiger partial charge in [0.1, 0.15) is 0 Å². The van der Waals surface area contributed by atoms with Crippen molar-refractivity contribution >= 4 is 57.4 Å². The molecule has 0 atom stereocenters. The molecule has 14 heavy (non-hydrogen) atoms. The van der Waals surface area contributed by atoms with Crippen LogP contribution in [0.15, 0.2) is 0 Å². The van der Waals surface area contributed by atoms with Gasteiger partial charge in [0.05, 0.1) is 0 Å². The van der Waals surface area contributed by atoms with Crippen LogP contribution in [0, 0.1) is 0 Å². The van der Waals surface area contributed by atoms with E-state index in [9.17, 15) is 4.79 Å². The first-order valence-corrected chi connectivity index (χ1v) is 5.49. The van der Waals surface area contributed by atoms with Gasteiger partial charge < -0.3 is 5.11 Å². The van der Waals surface area contributed by atoms with Gasteiger partial charge in [0.15, 0.2) is 0 Å². The summed E-state index contributed by atoms with van der Waals surface area (Å²) in [6.45, 7) is 2.22. The van der Waals surface area contributed by atoms with Gasteiger partial charge in [0, 0.05) is 6.42 Å². The fourth-order valence-corrected chi connectivity index (χ4v) is 1.41. The summed E-state index contributed by atoms with van der Waals surface area (Å²) in [6, 6.07) is 0. The molecule has 0 aliphatic carbocycles. The molecule has 0 aromatic heterocycles. The molecule has 0 rings (SSSR count). The second-order valence-corrected chi connectivity index (χ2v) is 3.62. The molecule has 0 heterocycles. The van der Waals surface area contributed by atoms with Crippen molar-refractivity contribution in [1.82, 2.24) is 0 Å². The van der Waals surface area contributed by atoms with E-state index in [1.165, 1.54) is 38.5 Å². The molecule has 0 fully saturated rings. The Labute approximate surface area is 130 Å². The van der Waals surface area contributed by atoms with Crippen molar-refractivity contribution < 1.29 is 9.90 Å². The SMILES string of the molecule is CCCCCCCCCCC(=O)O.[KH]. The van der Waals surface area contributed by atoms with Crippen molar-refractivity contribution in [1.29, 1.82) is 0 Å². The van der Waals surface area contributed by atoms with Gasteiger partial charge in [0.25, 0.3) is 0 Å². The van der Waals surface area contributed by atoms with E-state index in [1.54, 1.807) is 0 Å². The standard InChI is InChI=1S/C11H22O2.K.H/c1-2-3-4-5-6-7-8-9-10-11(12)13;;/h2-10H2,1H3,(H,12,13);;. The number of rotatable bonds is 9. The third-order valence-corrected chi connectivity index (χ3v) is 2.24. The van der Waals surface area contributed by atoms with E-state index >= 15 is 0 Å². The zero-order valence-corrected chi connectivity index (χ0v) is 8.72. The summed E-state index contributed by atoms with van der Waals surface area (Å²) in [5.74, 6) is -0.661. The summed E-state index contributed by atoms with van der Waals surface area (Å²) in [4.78, 5) is 10.2. The van der Waals surface area contributed by atoms with E-state index in [1.807, 2.05) is 0 Å². The second-order valence-electron chi connectivity index (χ2n) is 3.62. The van der Waals surface area contributed by atoms with E-state index in [0.717, 1.165) is 12.8 Å². The molecule has 0 aliphatic heterocycles. The van der Waals surface area contributed by atoms with Crippen LogP contribution in [0.3, 0.4) is 0 Å². The maximum atomic E-state index is 10.2. The molecular formula is C11H23KO2. The van der Waals surface area contributed by atoms with Crippen LogP contribution in [0.4, 0.5) is 0 Å². The molecule has 0 saturated carbocycles. The number of hydrogen-bond donors (Lipinski definition) is 1. The van der Waals surface area contributed by atoms with E-state index in [-0.39, 0.29) is 51.4 Å². The van der Waals surface area contributed by atoms with Crippen molar-refractivity contribution in [2.45, 2.75) is 64.7 Å². The summed E-state index contributed by atoms with van der Waals surface area (Å²) >= 11 is 0. The van der Waals surface area contributed by atoms with E-state index < -0.39 is 5.97 Å². The van der Waals surface area contributed by atoms with Gasteiger partial charge in [-0.2, -0.15) is 0 Å². The topological polar surface area (TPSA) is 37.3 Å². The minimum atomic E-state index is -0.661. The van der Waals surface area contributed by atoms with Crippen LogP contribution in [0.5, 0.6) is 0 Å². The third-order valence-electron chi connectivity index (χ3n) is 2.24. The Bertz CT molecular complexity index is 126. The Morgan fingerprint density at radius 1 is 0.929 bits per heavy atom. The molecule has 0 bridgehead atoms. The van der Waals surface area contributed by atoms with Crippen LogP contribution in [0.25, 0.3) is 0 Å². The monoisotopic (exact) mass is 226 g/mol. The normalized spacial score (nSPS) is 9.50. The van der Waals surface area contributed by atoms with Crippen molar-refractivity contribution in [2.75, 3.05) is 0 Å². The molecule has 1 N–H and O–H groups in total.